The van der Waals surface area contributed by atoms with E-state index < -0.39 is 102 Å². The highest BCUT2D eigenvalue weighted by Crippen LogP contribution is 2.42. The van der Waals surface area contributed by atoms with Gasteiger partial charge in [-0.2, -0.15) is 0 Å². The number of rotatable bonds is 18. The molecule has 0 aromatic heterocycles. The molecule has 0 unspecified atom stereocenters. The van der Waals surface area contributed by atoms with Crippen LogP contribution in [-0.2, 0) is 47.5 Å². The van der Waals surface area contributed by atoms with Crippen LogP contribution in [-0.4, -0.2) is 162 Å². The largest absolute Gasteiger partial charge is 0.459 e. The molecule has 64 heavy (non-hydrogen) atoms. The van der Waals surface area contributed by atoms with E-state index in [1.54, 1.807) is 48.5 Å². The monoisotopic (exact) mass is 917 g/mol. The number of carbonyl (C=O) groups excluding carboxylic acids is 3. The highest BCUT2D eigenvalue weighted by molar-refractivity contribution is 5.83. The van der Waals surface area contributed by atoms with Crippen molar-refractivity contribution < 1.29 is 68.0 Å². The molecule has 374 valence electrons. The molecule has 5 N–H and O–H groups in total. The van der Waals surface area contributed by atoms with Gasteiger partial charge in [-0.3, -0.25) is 14.4 Å². The first kappa shape index (κ1) is 56.5. The maximum Gasteiger partial charge on any atom is 0.311 e. The quantitative estimate of drug-likeness (QED) is 0.0934. The maximum absolute atomic E-state index is 14.4. The summed E-state index contributed by atoms with van der Waals surface area (Å²) >= 11 is 0. The minimum atomic E-state index is -1.99. The number of hydrogen-bond donors (Lipinski definition) is 5. The van der Waals surface area contributed by atoms with Gasteiger partial charge in [-0.25, -0.2) is 0 Å². The Balaban J connectivity index is 2.03. The summed E-state index contributed by atoms with van der Waals surface area (Å²) in [6, 6.07) is -0.386. The van der Waals surface area contributed by atoms with Crippen molar-refractivity contribution in [2.24, 2.45) is 23.7 Å². The molecular formula is C48H88N2O14. The van der Waals surface area contributed by atoms with Crippen LogP contribution >= 0.6 is 0 Å². The number of aliphatic hydroxyl groups is 4. The number of ether oxygens (including phenoxy) is 7. The van der Waals surface area contributed by atoms with Crippen molar-refractivity contribution in [3.05, 3.63) is 0 Å². The topological polar surface area (TPSA) is 212 Å². The van der Waals surface area contributed by atoms with Crippen LogP contribution < -0.4 is 5.32 Å². The number of cyclic esters (lactones) is 1. The van der Waals surface area contributed by atoms with Gasteiger partial charge >= 0.3 is 5.97 Å². The van der Waals surface area contributed by atoms with Gasteiger partial charge in [0.1, 0.15) is 29.7 Å². The van der Waals surface area contributed by atoms with Crippen molar-refractivity contribution in [2.45, 2.75) is 231 Å². The summed E-state index contributed by atoms with van der Waals surface area (Å²) in [4.78, 5) is 43.1. The second-order valence-corrected chi connectivity index (χ2v) is 20.0. The summed E-state index contributed by atoms with van der Waals surface area (Å²) in [6.07, 6.45) is -2.75. The van der Waals surface area contributed by atoms with E-state index in [4.69, 9.17) is 33.2 Å². The second kappa shape index (κ2) is 25.0. The molecule has 0 bridgehead atoms. The predicted octanol–water partition coefficient (Wildman–Crippen LogP) is 4.68. The number of methoxy groups -OCH3 is 2. The Labute approximate surface area is 384 Å². The normalized spacial score (nSPS) is 42.0. The molecule has 1 amide bonds. The third kappa shape index (κ3) is 14.1. The number of Topliss-reactive ketones (excluding diaryl/α,β-unsaturated/α-hetero) is 1. The molecule has 18 atom stereocenters. The Morgan fingerprint density at radius 2 is 1.48 bits per heavy atom. The van der Waals surface area contributed by atoms with E-state index >= 15 is 0 Å². The molecule has 3 saturated heterocycles. The number of esters is 1. The van der Waals surface area contributed by atoms with E-state index in [2.05, 4.69) is 17.1 Å². The Kier molecular flexibility index (Phi) is 22.0. The van der Waals surface area contributed by atoms with Gasteiger partial charge in [0.05, 0.1) is 47.6 Å². The number of ketones is 1. The van der Waals surface area contributed by atoms with E-state index in [0.717, 1.165) is 25.7 Å². The SMILES string of the molecule is CCCCCCCC(=O)NCCCN(C)[C@H]1C[C@@H](C)O[C@@H](O[C@@H]2[C@@H](C)[C@H](O[C@H]3C[C@@](C)(OC)[C@@H](O)[C@H](C)O3)[C@@H](C)C(=O)O[C@H](CC)[C@@](C)(O)[C@H](O)[C@@H](C)C(=O)[C@H](C)C[C@@]2(C)OC)[C@@H]1O. The fraction of sp³-hybridized carbons (Fsp3) is 0.938. The molecule has 0 aromatic carbocycles. The molecule has 0 spiro atoms. The molecule has 0 saturated carbocycles. The minimum absolute atomic E-state index is 0.0456. The van der Waals surface area contributed by atoms with Gasteiger partial charge in [0.2, 0.25) is 5.91 Å². The van der Waals surface area contributed by atoms with Crippen molar-refractivity contribution in [2.75, 3.05) is 34.4 Å². The molecular weight excluding hydrogens is 829 g/mol. The molecule has 0 aromatic rings. The van der Waals surface area contributed by atoms with Gasteiger partial charge in [-0.15, -0.1) is 0 Å². The van der Waals surface area contributed by atoms with Crippen LogP contribution in [0.3, 0.4) is 0 Å². The molecule has 16 nitrogen and oxygen atoms in total. The Morgan fingerprint density at radius 1 is 0.844 bits per heavy atom. The van der Waals surface area contributed by atoms with Crippen LogP contribution in [0, 0.1) is 23.7 Å². The molecule has 0 aliphatic carbocycles. The van der Waals surface area contributed by atoms with Gasteiger partial charge < -0.3 is 63.8 Å². The first-order chi connectivity index (χ1) is 29.9. The number of aliphatic hydroxyl groups excluding tert-OH is 3. The first-order valence-electron chi connectivity index (χ1n) is 24.1. The number of likely N-dealkylation sites (N-methyl/N-ethyl adjacent to an activating group) is 1. The first-order valence-corrected chi connectivity index (χ1v) is 24.1. The lowest BCUT2D eigenvalue weighted by Crippen LogP contribution is -2.61. The van der Waals surface area contributed by atoms with Gasteiger partial charge in [0.15, 0.2) is 12.6 Å². The fourth-order valence-electron chi connectivity index (χ4n) is 10.2. The number of unbranched alkanes of at least 4 members (excludes halogenated alkanes) is 4. The molecule has 3 heterocycles. The van der Waals surface area contributed by atoms with Gasteiger partial charge in [-0.1, -0.05) is 60.3 Å². The fourth-order valence-corrected chi connectivity index (χ4v) is 10.2. The highest BCUT2D eigenvalue weighted by Gasteiger charge is 2.54. The van der Waals surface area contributed by atoms with Gasteiger partial charge in [0, 0.05) is 57.4 Å². The zero-order valence-corrected chi connectivity index (χ0v) is 41.7. The van der Waals surface area contributed by atoms with Crippen molar-refractivity contribution in [3.63, 3.8) is 0 Å². The van der Waals surface area contributed by atoms with E-state index in [0.29, 0.717) is 32.4 Å². The lowest BCUT2D eigenvalue weighted by molar-refractivity contribution is -0.319. The van der Waals surface area contributed by atoms with E-state index in [1.807, 2.05) is 20.9 Å². The minimum Gasteiger partial charge on any atom is -0.459 e. The summed E-state index contributed by atoms with van der Waals surface area (Å²) < 4.78 is 44.5. The summed E-state index contributed by atoms with van der Waals surface area (Å²) in [7, 11) is 4.94. The Bertz CT molecular complexity index is 1450. The lowest BCUT2D eigenvalue weighted by Gasteiger charge is -2.50. The molecule has 3 fully saturated rings. The van der Waals surface area contributed by atoms with Crippen molar-refractivity contribution in [1.82, 2.24) is 10.2 Å². The van der Waals surface area contributed by atoms with Crippen molar-refractivity contribution in [3.8, 4) is 0 Å². The molecule has 3 aliphatic rings. The predicted molar refractivity (Wildman–Crippen MR) is 241 cm³/mol. The number of nitrogens with zero attached hydrogens (tertiary/aromatic N) is 1. The van der Waals surface area contributed by atoms with Gasteiger partial charge in [-0.05, 0) is 87.2 Å². The zero-order valence-electron chi connectivity index (χ0n) is 41.7. The van der Waals surface area contributed by atoms with Crippen LogP contribution in [0.2, 0.25) is 0 Å². The average Bonchev–Trinajstić information content (AvgIpc) is 3.25. The van der Waals surface area contributed by atoms with E-state index in [1.165, 1.54) is 27.6 Å². The molecule has 16 heteroatoms. The Morgan fingerprint density at radius 3 is 2.09 bits per heavy atom. The summed E-state index contributed by atoms with van der Waals surface area (Å²) in [5.74, 6) is -4.61. The van der Waals surface area contributed by atoms with E-state index in [-0.39, 0.29) is 43.1 Å². The molecule has 0 radical (unpaired) electrons. The highest BCUT2D eigenvalue weighted by atomic mass is 16.7. The zero-order chi connectivity index (χ0) is 48.3. The third-order valence-corrected chi connectivity index (χ3v) is 14.7. The van der Waals surface area contributed by atoms with E-state index in [9.17, 15) is 34.8 Å². The number of amides is 1. The summed E-state index contributed by atoms with van der Waals surface area (Å²) in [5, 5.41) is 49.5. The molecule has 3 rings (SSSR count). The second-order valence-electron chi connectivity index (χ2n) is 20.0. The number of carbonyl (C=O) groups is 3. The number of hydrogen-bond acceptors (Lipinski definition) is 15. The standard InChI is InChI=1S/C48H88N2O14/c1-15-17-18-19-20-22-36(51)49-23-21-24-50(12)34-25-29(4)60-45(39(34)53)64-43-31(6)40(63-37-27-46(9,58-13)42(55)33(8)61-37)32(7)44(56)62-35(16-2)48(11,57)41(54)30(5)38(52)28(3)26-47(43,10)59-14/h28-35,37,39-43,45,53-55,57H,15-27H2,1-14H3,(H,49,51)/t28-,29-,30+,31+,32-,33+,34+,35-,37+,39-,40+,41-,42+,43-,45+,46-,47-,48-/m1/s1. The van der Waals surface area contributed by atoms with Crippen LogP contribution in [0.1, 0.15) is 147 Å². The van der Waals surface area contributed by atoms with Gasteiger partial charge in [0.25, 0.3) is 0 Å². The number of nitrogens with one attached hydrogen (secondary N) is 1. The summed E-state index contributed by atoms with van der Waals surface area (Å²) in [6.45, 7) is 20.3. The van der Waals surface area contributed by atoms with Crippen molar-refractivity contribution >= 4 is 17.7 Å². The average molecular weight is 917 g/mol. The smallest absolute Gasteiger partial charge is 0.311 e. The summed E-state index contributed by atoms with van der Waals surface area (Å²) in [5.41, 5.74) is -4.35. The van der Waals surface area contributed by atoms with Crippen LogP contribution in [0.5, 0.6) is 0 Å². The van der Waals surface area contributed by atoms with Crippen LogP contribution in [0.15, 0.2) is 0 Å². The Hall–Kier alpha value is -1.83. The molecule has 3 aliphatic heterocycles. The van der Waals surface area contributed by atoms with Crippen molar-refractivity contribution in [1.29, 1.82) is 0 Å². The van der Waals surface area contributed by atoms with Crippen LogP contribution in [0.4, 0.5) is 0 Å². The lowest BCUT2D eigenvalue weighted by atomic mass is 9.74. The maximum atomic E-state index is 14.4. The third-order valence-electron chi connectivity index (χ3n) is 14.7. The van der Waals surface area contributed by atoms with Crippen LogP contribution in [0.25, 0.3) is 0 Å².